The van der Waals surface area contributed by atoms with Crippen molar-refractivity contribution in [3.05, 3.63) is 33.9 Å². The van der Waals surface area contributed by atoms with E-state index in [1.807, 2.05) is 0 Å². The highest BCUT2D eigenvalue weighted by molar-refractivity contribution is 9.10. The number of rotatable bonds is 3. The van der Waals surface area contributed by atoms with Gasteiger partial charge in [-0.2, -0.15) is 13.2 Å². The van der Waals surface area contributed by atoms with E-state index in [1.165, 1.54) is 11.6 Å². The number of aromatic nitrogens is 1. The maximum absolute atomic E-state index is 13.2. The standard InChI is InChI=1S/C13H14BrF3N2/c1-19-11-7-8(14)4-5-9(11)10(3-2-6-18)12(19)13(15,16)17/h4-5,7H,2-3,6,18H2,1H3. The van der Waals surface area contributed by atoms with Gasteiger partial charge in [-0.25, -0.2) is 0 Å². The van der Waals surface area contributed by atoms with Gasteiger partial charge in [0.1, 0.15) is 5.69 Å². The van der Waals surface area contributed by atoms with Gasteiger partial charge >= 0.3 is 6.18 Å². The molecule has 0 saturated carbocycles. The molecule has 0 aliphatic carbocycles. The normalized spacial score (nSPS) is 12.3. The summed E-state index contributed by atoms with van der Waals surface area (Å²) in [6.45, 7) is 0.379. The van der Waals surface area contributed by atoms with Crippen molar-refractivity contribution in [2.45, 2.75) is 19.0 Å². The molecule has 0 aliphatic heterocycles. The van der Waals surface area contributed by atoms with Crippen LogP contribution in [0.3, 0.4) is 0 Å². The average molecular weight is 335 g/mol. The molecule has 2 N–H and O–H groups in total. The molecule has 19 heavy (non-hydrogen) atoms. The zero-order chi connectivity index (χ0) is 14.2. The lowest BCUT2D eigenvalue weighted by atomic mass is 10.1. The van der Waals surface area contributed by atoms with Crippen molar-refractivity contribution in [1.29, 1.82) is 0 Å². The zero-order valence-corrected chi connectivity index (χ0v) is 12.0. The first-order valence-electron chi connectivity index (χ1n) is 5.90. The molecule has 2 rings (SSSR count). The molecule has 104 valence electrons. The fraction of sp³-hybridized carbons (Fsp3) is 0.385. The minimum absolute atomic E-state index is 0.336. The van der Waals surface area contributed by atoms with Crippen LogP contribution in [0.15, 0.2) is 22.7 Å². The van der Waals surface area contributed by atoms with Gasteiger partial charge in [-0.3, -0.25) is 0 Å². The first-order chi connectivity index (χ1) is 8.86. The molecule has 1 aromatic carbocycles. The Balaban J connectivity index is 2.73. The number of nitrogens with two attached hydrogens (primary N) is 1. The van der Waals surface area contributed by atoms with Crippen LogP contribution in [0.1, 0.15) is 17.7 Å². The highest BCUT2D eigenvalue weighted by Crippen LogP contribution is 2.38. The van der Waals surface area contributed by atoms with Crippen LogP contribution in [0, 0.1) is 0 Å². The van der Waals surface area contributed by atoms with E-state index < -0.39 is 11.9 Å². The number of nitrogens with zero attached hydrogens (tertiary/aromatic N) is 1. The summed E-state index contributed by atoms with van der Waals surface area (Å²) in [5.41, 5.74) is 5.75. The van der Waals surface area contributed by atoms with Gasteiger partial charge in [0, 0.05) is 22.4 Å². The Morgan fingerprint density at radius 3 is 2.58 bits per heavy atom. The van der Waals surface area contributed by atoms with E-state index in [2.05, 4.69) is 15.9 Å². The van der Waals surface area contributed by atoms with Gasteiger partial charge in [0.05, 0.1) is 0 Å². The van der Waals surface area contributed by atoms with E-state index in [4.69, 9.17) is 5.73 Å². The van der Waals surface area contributed by atoms with Crippen LogP contribution in [-0.4, -0.2) is 11.1 Å². The largest absolute Gasteiger partial charge is 0.431 e. The number of hydrogen-bond donors (Lipinski definition) is 1. The second-order valence-electron chi connectivity index (χ2n) is 4.44. The van der Waals surface area contributed by atoms with E-state index in [1.54, 1.807) is 18.2 Å². The number of aryl methyl sites for hydroxylation is 2. The Bertz CT molecular complexity index is 602. The Morgan fingerprint density at radius 1 is 1.32 bits per heavy atom. The molecule has 0 unspecified atom stereocenters. The van der Waals surface area contributed by atoms with Gasteiger partial charge in [-0.1, -0.05) is 22.0 Å². The maximum atomic E-state index is 13.2. The first-order valence-corrected chi connectivity index (χ1v) is 6.69. The monoisotopic (exact) mass is 334 g/mol. The summed E-state index contributed by atoms with van der Waals surface area (Å²) in [5.74, 6) is 0. The van der Waals surface area contributed by atoms with E-state index in [-0.39, 0.29) is 0 Å². The predicted molar refractivity (Wildman–Crippen MR) is 73.0 cm³/mol. The lowest BCUT2D eigenvalue weighted by molar-refractivity contribution is -0.143. The highest BCUT2D eigenvalue weighted by atomic mass is 79.9. The molecule has 0 atom stereocenters. The Hall–Kier alpha value is -1.01. The SMILES string of the molecule is Cn1c(C(F)(F)F)c(CCCN)c2ccc(Br)cc21. The number of benzene rings is 1. The third kappa shape index (κ3) is 2.65. The molecule has 0 radical (unpaired) electrons. The highest BCUT2D eigenvalue weighted by Gasteiger charge is 2.37. The molecular formula is C13H14BrF3N2. The molecule has 0 aliphatic rings. The van der Waals surface area contributed by atoms with E-state index in [0.29, 0.717) is 35.9 Å². The topological polar surface area (TPSA) is 30.9 Å². The van der Waals surface area contributed by atoms with Gasteiger partial charge in [0.15, 0.2) is 0 Å². The van der Waals surface area contributed by atoms with Gasteiger partial charge in [0.2, 0.25) is 0 Å². The van der Waals surface area contributed by atoms with Crippen LogP contribution in [0.4, 0.5) is 13.2 Å². The Kier molecular flexibility index (Phi) is 3.92. The van der Waals surface area contributed by atoms with Crippen molar-refractivity contribution in [2.75, 3.05) is 6.54 Å². The minimum atomic E-state index is -4.36. The molecule has 0 saturated heterocycles. The predicted octanol–water partition coefficient (Wildman–Crippen LogP) is 3.85. The third-order valence-electron chi connectivity index (χ3n) is 3.17. The van der Waals surface area contributed by atoms with Crippen molar-refractivity contribution in [2.24, 2.45) is 12.8 Å². The summed E-state index contributed by atoms with van der Waals surface area (Å²) in [6, 6.07) is 5.19. The molecule has 2 nitrogen and oxygen atoms in total. The quantitative estimate of drug-likeness (QED) is 0.908. The molecule has 6 heteroatoms. The fourth-order valence-electron chi connectivity index (χ4n) is 2.38. The summed E-state index contributed by atoms with van der Waals surface area (Å²) in [6.07, 6.45) is -3.48. The number of hydrogen-bond acceptors (Lipinski definition) is 1. The number of alkyl halides is 3. The second-order valence-corrected chi connectivity index (χ2v) is 5.35. The van der Waals surface area contributed by atoms with Gasteiger partial charge in [0.25, 0.3) is 0 Å². The van der Waals surface area contributed by atoms with Crippen LogP contribution >= 0.6 is 15.9 Å². The summed E-state index contributed by atoms with van der Waals surface area (Å²) < 4.78 is 41.6. The van der Waals surface area contributed by atoms with E-state index in [0.717, 1.165) is 4.47 Å². The Morgan fingerprint density at radius 2 is 2.00 bits per heavy atom. The molecule has 2 aromatic rings. The summed E-state index contributed by atoms with van der Waals surface area (Å²) >= 11 is 3.29. The molecule has 0 amide bonds. The molecule has 0 bridgehead atoms. The maximum Gasteiger partial charge on any atom is 0.431 e. The van der Waals surface area contributed by atoms with Crippen LogP contribution in [0.2, 0.25) is 0 Å². The van der Waals surface area contributed by atoms with E-state index >= 15 is 0 Å². The average Bonchev–Trinajstić information content (AvgIpc) is 2.59. The van der Waals surface area contributed by atoms with Crippen LogP contribution in [0.25, 0.3) is 10.9 Å². The smallest absolute Gasteiger partial charge is 0.340 e. The third-order valence-corrected chi connectivity index (χ3v) is 3.66. The van der Waals surface area contributed by atoms with Crippen LogP contribution in [-0.2, 0) is 19.6 Å². The summed E-state index contributed by atoms with van der Waals surface area (Å²) in [5, 5.41) is 0.645. The Labute approximate surface area is 117 Å². The van der Waals surface area contributed by atoms with Crippen molar-refractivity contribution < 1.29 is 13.2 Å². The lowest BCUT2D eigenvalue weighted by Crippen LogP contribution is -2.14. The van der Waals surface area contributed by atoms with Crippen molar-refractivity contribution in [3.63, 3.8) is 0 Å². The van der Waals surface area contributed by atoms with Gasteiger partial charge < -0.3 is 10.3 Å². The number of fused-ring (bicyclic) bond motifs is 1. The van der Waals surface area contributed by atoms with Crippen LogP contribution < -0.4 is 5.73 Å². The van der Waals surface area contributed by atoms with Crippen molar-refractivity contribution >= 4 is 26.8 Å². The lowest BCUT2D eigenvalue weighted by Gasteiger charge is -2.11. The van der Waals surface area contributed by atoms with Crippen LogP contribution in [0.5, 0.6) is 0 Å². The fourth-order valence-corrected chi connectivity index (χ4v) is 2.73. The minimum Gasteiger partial charge on any atom is -0.340 e. The second kappa shape index (κ2) is 5.17. The van der Waals surface area contributed by atoms with E-state index in [9.17, 15) is 13.2 Å². The summed E-state index contributed by atoms with van der Waals surface area (Å²) in [4.78, 5) is 0. The molecule has 1 heterocycles. The van der Waals surface area contributed by atoms with Gasteiger partial charge in [-0.05, 0) is 37.1 Å². The number of halogens is 4. The molecular weight excluding hydrogens is 321 g/mol. The zero-order valence-electron chi connectivity index (χ0n) is 10.4. The summed E-state index contributed by atoms with van der Waals surface area (Å²) in [7, 11) is 1.45. The van der Waals surface area contributed by atoms with Gasteiger partial charge in [-0.15, -0.1) is 0 Å². The molecule has 0 spiro atoms. The van der Waals surface area contributed by atoms with Crippen molar-refractivity contribution in [1.82, 2.24) is 4.57 Å². The van der Waals surface area contributed by atoms with Crippen molar-refractivity contribution in [3.8, 4) is 0 Å². The molecule has 1 aromatic heterocycles. The molecule has 0 fully saturated rings. The first kappa shape index (κ1) is 14.4.